The van der Waals surface area contributed by atoms with Gasteiger partial charge in [0, 0.05) is 16.8 Å². The molecule has 0 fully saturated rings. The smallest absolute Gasteiger partial charge is 0.141 e. The van der Waals surface area contributed by atoms with Crippen molar-refractivity contribution in [2.45, 2.75) is 13.0 Å². The number of aromatic hydroxyl groups is 1. The summed E-state index contributed by atoms with van der Waals surface area (Å²) in [4.78, 5) is 7.40. The largest absolute Gasteiger partial charge is 0.508 e. The fourth-order valence-corrected chi connectivity index (χ4v) is 4.08. The summed E-state index contributed by atoms with van der Waals surface area (Å²) in [5, 5.41) is 9.86. The monoisotopic (exact) mass is 390 g/mol. The van der Waals surface area contributed by atoms with Crippen molar-refractivity contribution >= 4 is 17.2 Å². The molecule has 0 aliphatic carbocycles. The van der Waals surface area contributed by atoms with E-state index in [0.29, 0.717) is 0 Å². The van der Waals surface area contributed by atoms with Gasteiger partial charge in [0.25, 0.3) is 0 Å². The molecule has 1 heterocycles. The Bertz CT molecular complexity index is 1210. The second kappa shape index (κ2) is 7.53. The van der Waals surface area contributed by atoms with Crippen LogP contribution in [0.4, 0.5) is 11.4 Å². The first kappa shape index (κ1) is 18.2. The number of phenols is 1. The number of fused-ring (bicyclic) bond motifs is 1. The SMILES string of the molecule is Cc1cccc(C2=Nc3ccccc3C(c3ccc(O)cc3)N2c2ccccc2)c1. The molecule has 30 heavy (non-hydrogen) atoms. The number of para-hydroxylation sites is 2. The molecule has 3 heteroatoms. The van der Waals surface area contributed by atoms with Crippen LogP contribution in [-0.4, -0.2) is 10.9 Å². The highest BCUT2D eigenvalue weighted by molar-refractivity contribution is 6.13. The van der Waals surface area contributed by atoms with Crippen molar-refractivity contribution in [3.63, 3.8) is 0 Å². The van der Waals surface area contributed by atoms with Crippen LogP contribution in [0.15, 0.2) is 108 Å². The van der Waals surface area contributed by atoms with Gasteiger partial charge in [0.2, 0.25) is 0 Å². The van der Waals surface area contributed by atoms with Crippen molar-refractivity contribution < 1.29 is 5.11 Å². The summed E-state index contributed by atoms with van der Waals surface area (Å²) in [5.74, 6) is 1.18. The second-order valence-electron chi connectivity index (χ2n) is 7.56. The Morgan fingerprint density at radius 2 is 1.50 bits per heavy atom. The molecule has 4 aromatic rings. The average Bonchev–Trinajstić information content (AvgIpc) is 2.79. The molecule has 1 aliphatic heterocycles. The molecule has 146 valence electrons. The van der Waals surface area contributed by atoms with Crippen LogP contribution in [0.25, 0.3) is 0 Å². The fraction of sp³-hybridized carbons (Fsp3) is 0.0741. The van der Waals surface area contributed by atoms with Crippen molar-refractivity contribution in [1.82, 2.24) is 0 Å². The van der Waals surface area contributed by atoms with E-state index in [-0.39, 0.29) is 11.8 Å². The van der Waals surface area contributed by atoms with E-state index in [0.717, 1.165) is 33.9 Å². The number of rotatable bonds is 3. The Morgan fingerprint density at radius 3 is 2.27 bits per heavy atom. The molecule has 0 saturated heterocycles. The van der Waals surface area contributed by atoms with Gasteiger partial charge in [0.15, 0.2) is 0 Å². The quantitative estimate of drug-likeness (QED) is 0.440. The lowest BCUT2D eigenvalue weighted by Crippen LogP contribution is -2.38. The van der Waals surface area contributed by atoms with Gasteiger partial charge in [0.05, 0.1) is 11.7 Å². The molecular formula is C27H22N2O. The Balaban J connectivity index is 1.79. The van der Waals surface area contributed by atoms with Crippen LogP contribution in [0.1, 0.15) is 28.3 Å². The number of amidine groups is 1. The predicted octanol–water partition coefficient (Wildman–Crippen LogP) is 6.39. The van der Waals surface area contributed by atoms with Crippen LogP contribution in [0, 0.1) is 6.92 Å². The standard InChI is InChI=1S/C27H22N2O/c1-19-8-7-9-21(18-19)27-28-25-13-6-5-12-24(25)26(20-14-16-23(30)17-15-20)29(27)22-10-3-2-4-11-22/h2-18,26,30H,1H3. The number of aliphatic imine (C=N–C) groups is 1. The fourth-order valence-electron chi connectivity index (χ4n) is 4.08. The van der Waals surface area contributed by atoms with Gasteiger partial charge in [-0.3, -0.25) is 0 Å². The number of benzene rings is 4. The van der Waals surface area contributed by atoms with Gasteiger partial charge in [-0.25, -0.2) is 4.99 Å². The van der Waals surface area contributed by atoms with Gasteiger partial charge < -0.3 is 10.0 Å². The number of phenolic OH excluding ortho intramolecular Hbond substituents is 1. The molecule has 0 aromatic heterocycles. The molecule has 1 N–H and O–H groups in total. The van der Waals surface area contributed by atoms with E-state index < -0.39 is 0 Å². The third kappa shape index (κ3) is 3.25. The van der Waals surface area contributed by atoms with Crippen molar-refractivity contribution in [3.05, 3.63) is 125 Å². The average molecular weight is 390 g/mol. The van der Waals surface area contributed by atoms with Crippen molar-refractivity contribution in [3.8, 4) is 5.75 Å². The van der Waals surface area contributed by atoms with Crippen molar-refractivity contribution in [2.24, 2.45) is 4.99 Å². The number of nitrogens with zero attached hydrogens (tertiary/aromatic N) is 2. The van der Waals surface area contributed by atoms with E-state index in [1.54, 1.807) is 12.1 Å². The minimum atomic E-state index is -0.0581. The summed E-state index contributed by atoms with van der Waals surface area (Å²) >= 11 is 0. The molecule has 1 atom stereocenters. The topological polar surface area (TPSA) is 35.8 Å². The summed E-state index contributed by atoms with van der Waals surface area (Å²) in [6.07, 6.45) is 0. The molecule has 0 amide bonds. The lowest BCUT2D eigenvalue weighted by atomic mass is 9.92. The van der Waals surface area contributed by atoms with E-state index in [4.69, 9.17) is 4.99 Å². The first-order valence-corrected chi connectivity index (χ1v) is 10.1. The first-order valence-electron chi connectivity index (χ1n) is 10.1. The molecular weight excluding hydrogens is 368 g/mol. The van der Waals surface area contributed by atoms with E-state index in [9.17, 15) is 5.11 Å². The highest BCUT2D eigenvalue weighted by atomic mass is 16.3. The van der Waals surface area contributed by atoms with Crippen LogP contribution in [0.3, 0.4) is 0 Å². The van der Waals surface area contributed by atoms with Crippen molar-refractivity contribution in [2.75, 3.05) is 4.90 Å². The van der Waals surface area contributed by atoms with Gasteiger partial charge in [0.1, 0.15) is 11.6 Å². The zero-order chi connectivity index (χ0) is 20.5. The Morgan fingerprint density at radius 1 is 0.767 bits per heavy atom. The number of aryl methyl sites for hydroxylation is 1. The lowest BCUT2D eigenvalue weighted by molar-refractivity contribution is 0.475. The first-order chi connectivity index (χ1) is 14.7. The third-order valence-electron chi connectivity index (χ3n) is 5.46. The van der Waals surface area contributed by atoms with Gasteiger partial charge in [-0.15, -0.1) is 0 Å². The zero-order valence-electron chi connectivity index (χ0n) is 16.7. The van der Waals surface area contributed by atoms with Gasteiger partial charge in [-0.2, -0.15) is 0 Å². The molecule has 3 nitrogen and oxygen atoms in total. The molecule has 1 aliphatic rings. The van der Waals surface area contributed by atoms with Crippen LogP contribution < -0.4 is 4.90 Å². The lowest BCUT2D eigenvalue weighted by Gasteiger charge is -2.39. The summed E-state index contributed by atoms with van der Waals surface area (Å²) in [6.45, 7) is 2.10. The van der Waals surface area contributed by atoms with Crippen LogP contribution in [0.5, 0.6) is 5.75 Å². The zero-order valence-corrected chi connectivity index (χ0v) is 16.7. The van der Waals surface area contributed by atoms with Gasteiger partial charge in [-0.1, -0.05) is 72.3 Å². The highest BCUT2D eigenvalue weighted by Crippen LogP contribution is 2.42. The van der Waals surface area contributed by atoms with Gasteiger partial charge >= 0.3 is 0 Å². The van der Waals surface area contributed by atoms with Crippen LogP contribution in [0.2, 0.25) is 0 Å². The summed E-state index contributed by atoms with van der Waals surface area (Å²) in [5.41, 5.74) is 6.57. The van der Waals surface area contributed by atoms with E-state index in [1.807, 2.05) is 24.3 Å². The normalized spacial score (nSPS) is 15.4. The minimum Gasteiger partial charge on any atom is -0.508 e. The second-order valence-corrected chi connectivity index (χ2v) is 7.56. The van der Waals surface area contributed by atoms with E-state index >= 15 is 0 Å². The van der Waals surface area contributed by atoms with Gasteiger partial charge in [-0.05, 0) is 48.9 Å². The summed E-state index contributed by atoms with van der Waals surface area (Å²) in [7, 11) is 0. The molecule has 0 radical (unpaired) electrons. The maximum absolute atomic E-state index is 9.86. The minimum absolute atomic E-state index is 0.0581. The third-order valence-corrected chi connectivity index (χ3v) is 5.46. The Kier molecular flexibility index (Phi) is 4.56. The molecule has 0 spiro atoms. The van der Waals surface area contributed by atoms with Crippen LogP contribution in [-0.2, 0) is 0 Å². The maximum Gasteiger partial charge on any atom is 0.141 e. The molecule has 1 unspecified atom stereocenters. The predicted molar refractivity (Wildman–Crippen MR) is 123 cm³/mol. The number of hydrogen-bond donors (Lipinski definition) is 1. The maximum atomic E-state index is 9.86. The van der Waals surface area contributed by atoms with Crippen molar-refractivity contribution in [1.29, 1.82) is 0 Å². The summed E-state index contributed by atoms with van der Waals surface area (Å²) < 4.78 is 0. The molecule has 5 rings (SSSR count). The van der Waals surface area contributed by atoms with E-state index in [1.165, 1.54) is 5.56 Å². The molecule has 0 bridgehead atoms. The van der Waals surface area contributed by atoms with E-state index in [2.05, 4.69) is 78.6 Å². The van der Waals surface area contributed by atoms with Crippen LogP contribution >= 0.6 is 0 Å². The number of anilines is 1. The Labute approximate surface area is 176 Å². The number of hydrogen-bond acceptors (Lipinski definition) is 3. The molecule has 4 aromatic carbocycles. The Hall–Kier alpha value is -3.85. The summed E-state index contributed by atoms with van der Waals surface area (Å²) in [6, 6.07) is 34.6. The highest BCUT2D eigenvalue weighted by Gasteiger charge is 2.33. The molecule has 0 saturated carbocycles.